The molecule has 4 heterocycles. The quantitative estimate of drug-likeness (QED) is 0.158. The van der Waals surface area contributed by atoms with Crippen LogP contribution in [-0.2, 0) is 30.5 Å². The van der Waals surface area contributed by atoms with E-state index in [1.165, 1.54) is 64.1 Å². The van der Waals surface area contributed by atoms with Crippen LogP contribution in [0.15, 0.2) is 53.2 Å². The molecule has 3 aliphatic heterocycles. The molecule has 5 rings (SSSR count). The van der Waals surface area contributed by atoms with Crippen LogP contribution >= 0.6 is 23.1 Å². The van der Waals surface area contributed by atoms with Gasteiger partial charge in [-0.1, -0.05) is 0 Å². The van der Waals surface area contributed by atoms with Crippen molar-refractivity contribution in [3.63, 3.8) is 0 Å². The average molecular weight is 575 g/mol. The molecule has 3 aliphatic rings. The van der Waals surface area contributed by atoms with Gasteiger partial charge in [-0.25, -0.2) is 4.79 Å². The molecule has 3 atom stereocenters. The molecule has 0 bridgehead atoms. The number of hydrogen-bond donors (Lipinski definition) is 2. The number of fused-ring (bicyclic) bond motifs is 1. The fourth-order valence-electron chi connectivity index (χ4n) is 4.73. The number of nitrogens with zero attached hydrogens (tertiary/aromatic N) is 3. The molecule has 0 radical (unpaired) electrons. The fourth-order valence-corrected chi connectivity index (χ4v) is 6.86. The van der Waals surface area contributed by atoms with Crippen LogP contribution in [0.3, 0.4) is 0 Å². The van der Waals surface area contributed by atoms with E-state index in [2.05, 4.69) is 5.32 Å². The van der Waals surface area contributed by atoms with E-state index in [-0.39, 0.29) is 35.3 Å². The molecule has 1 unspecified atom stereocenters. The molecule has 206 valence electrons. The van der Waals surface area contributed by atoms with Crippen molar-refractivity contribution < 1.29 is 33.9 Å². The monoisotopic (exact) mass is 574 g/mol. The second kappa shape index (κ2) is 11.0. The van der Waals surface area contributed by atoms with Gasteiger partial charge in [0, 0.05) is 31.2 Å². The van der Waals surface area contributed by atoms with Crippen LogP contribution in [0.5, 0.6) is 0 Å². The minimum atomic E-state index is -1.69. The lowest BCUT2D eigenvalue weighted by molar-refractivity contribution is -0.384. The number of β-lactam (4-membered cyclic amide) rings is 1. The van der Waals surface area contributed by atoms with Crippen LogP contribution in [0.1, 0.15) is 31.7 Å². The Morgan fingerprint density at radius 3 is 2.69 bits per heavy atom. The molecular formula is C25H26N4O8S2. The predicted molar refractivity (Wildman–Crippen MR) is 142 cm³/mol. The van der Waals surface area contributed by atoms with Crippen molar-refractivity contribution in [1.82, 2.24) is 10.2 Å². The number of non-ortho nitro benzene ring substituents is 1. The number of carbonyl (C=O) groups excluding carboxylic acids is 3. The zero-order valence-electron chi connectivity index (χ0n) is 20.9. The highest BCUT2D eigenvalue weighted by Crippen LogP contribution is 2.44. The van der Waals surface area contributed by atoms with E-state index in [4.69, 9.17) is 9.47 Å². The third kappa shape index (κ3) is 5.37. The third-order valence-electron chi connectivity index (χ3n) is 6.61. The maximum absolute atomic E-state index is 13.5. The number of hydrogen-bond acceptors (Lipinski definition) is 11. The summed E-state index contributed by atoms with van der Waals surface area (Å²) in [6.45, 7) is 1.54. The SMILES string of the molecule is CC(=O)N(c1cccs1)[C@@H]1C(=O)N2C(C(=O)OCc3ccc([N+](=O)[O-])cc3)=C(NC3(O)CCCCO3)CS[C@H]12. The molecule has 2 amide bonds. The summed E-state index contributed by atoms with van der Waals surface area (Å²) >= 11 is 2.69. The Morgan fingerprint density at radius 2 is 2.08 bits per heavy atom. The van der Waals surface area contributed by atoms with Crippen LogP contribution in [0.25, 0.3) is 0 Å². The Morgan fingerprint density at radius 1 is 1.31 bits per heavy atom. The molecule has 0 saturated carbocycles. The summed E-state index contributed by atoms with van der Waals surface area (Å²) in [5.41, 5.74) is 0.657. The fraction of sp³-hybridized carbons (Fsp3) is 0.400. The van der Waals surface area contributed by atoms with E-state index >= 15 is 0 Å². The number of thiophene rings is 1. The van der Waals surface area contributed by atoms with Crippen molar-refractivity contribution >= 4 is 51.6 Å². The van der Waals surface area contributed by atoms with Gasteiger partial charge in [0.25, 0.3) is 11.6 Å². The summed E-state index contributed by atoms with van der Waals surface area (Å²) in [5, 5.41) is 26.7. The van der Waals surface area contributed by atoms with Gasteiger partial charge in [0.1, 0.15) is 18.0 Å². The molecular weight excluding hydrogens is 548 g/mol. The molecule has 2 saturated heterocycles. The van der Waals surface area contributed by atoms with Gasteiger partial charge >= 0.3 is 5.97 Å². The number of esters is 1. The van der Waals surface area contributed by atoms with E-state index in [0.29, 0.717) is 30.0 Å². The zero-order chi connectivity index (χ0) is 27.7. The molecule has 2 fully saturated rings. The molecule has 1 aromatic carbocycles. The van der Waals surface area contributed by atoms with Crippen molar-refractivity contribution in [2.45, 2.75) is 50.1 Å². The van der Waals surface area contributed by atoms with Crippen molar-refractivity contribution in [2.75, 3.05) is 17.3 Å². The zero-order valence-corrected chi connectivity index (χ0v) is 22.5. The lowest BCUT2D eigenvalue weighted by atomic mass is 10.0. The predicted octanol–water partition coefficient (Wildman–Crippen LogP) is 2.68. The lowest BCUT2D eigenvalue weighted by Crippen LogP contribution is -2.72. The first-order chi connectivity index (χ1) is 18.7. The number of nitrogens with one attached hydrogen (secondary N) is 1. The summed E-state index contributed by atoms with van der Waals surface area (Å²) in [7, 11) is 0. The first-order valence-electron chi connectivity index (χ1n) is 12.2. The van der Waals surface area contributed by atoms with E-state index in [1.54, 1.807) is 12.1 Å². The molecule has 12 nitrogen and oxygen atoms in total. The lowest BCUT2D eigenvalue weighted by Gasteiger charge is -2.53. The van der Waals surface area contributed by atoms with Gasteiger partial charge < -0.3 is 19.9 Å². The van der Waals surface area contributed by atoms with Gasteiger partial charge in [0.15, 0.2) is 5.70 Å². The maximum Gasteiger partial charge on any atom is 0.357 e. The highest BCUT2D eigenvalue weighted by Gasteiger charge is 2.58. The van der Waals surface area contributed by atoms with E-state index in [1.807, 2.05) is 5.38 Å². The number of rotatable bonds is 8. The van der Waals surface area contributed by atoms with E-state index in [0.717, 1.165) is 6.42 Å². The summed E-state index contributed by atoms with van der Waals surface area (Å²) in [4.78, 5) is 52.7. The maximum atomic E-state index is 13.5. The summed E-state index contributed by atoms with van der Waals surface area (Å²) in [5.74, 6) is -3.02. The number of carbonyl (C=O) groups is 3. The topological polar surface area (TPSA) is 152 Å². The highest BCUT2D eigenvalue weighted by molar-refractivity contribution is 8.00. The first-order valence-corrected chi connectivity index (χ1v) is 14.2. The van der Waals surface area contributed by atoms with Gasteiger partial charge in [-0.15, -0.1) is 23.1 Å². The molecule has 0 spiro atoms. The van der Waals surface area contributed by atoms with Gasteiger partial charge in [-0.05, 0) is 48.1 Å². The Hall–Kier alpha value is -3.46. The van der Waals surface area contributed by atoms with Crippen LogP contribution < -0.4 is 10.2 Å². The largest absolute Gasteiger partial charge is 0.456 e. The Bertz CT molecular complexity index is 1310. The second-order valence-electron chi connectivity index (χ2n) is 9.24. The number of aliphatic hydroxyl groups is 1. The van der Waals surface area contributed by atoms with Crippen molar-refractivity contribution in [3.05, 3.63) is 68.9 Å². The summed E-state index contributed by atoms with van der Waals surface area (Å²) in [6, 6.07) is 8.32. The van der Waals surface area contributed by atoms with Crippen molar-refractivity contribution in [1.29, 1.82) is 0 Å². The first kappa shape index (κ1) is 27.1. The van der Waals surface area contributed by atoms with E-state index in [9.17, 15) is 29.6 Å². The molecule has 14 heteroatoms. The normalized spacial score (nSPS) is 24.5. The molecule has 1 aromatic heterocycles. The standard InChI is InChI=1S/C25H26N4O8S2/c1-15(30)27(19-5-4-12-38-19)21-22(31)28-20(24(32)36-13-16-6-8-17(9-7-16)29(34)35)18(14-39-23(21)28)26-25(33)10-2-3-11-37-25/h4-9,12,21,23,26,33H,2-3,10-11,13-14H2,1H3/t21-,23-,25?/m1/s1. The van der Waals surface area contributed by atoms with Crippen LogP contribution in [0.4, 0.5) is 10.7 Å². The number of thioether (sulfide) groups is 1. The highest BCUT2D eigenvalue weighted by atomic mass is 32.2. The summed E-state index contributed by atoms with van der Waals surface area (Å²) in [6.07, 6.45) is 1.80. The number of nitro groups is 1. The minimum absolute atomic E-state index is 0.0563. The Balaban J connectivity index is 1.41. The van der Waals surface area contributed by atoms with Gasteiger partial charge in [-0.3, -0.25) is 29.5 Å². The minimum Gasteiger partial charge on any atom is -0.456 e. The van der Waals surface area contributed by atoms with Crippen LogP contribution in [0, 0.1) is 10.1 Å². The molecule has 39 heavy (non-hydrogen) atoms. The smallest absolute Gasteiger partial charge is 0.357 e. The number of nitro benzene ring substituents is 1. The second-order valence-corrected chi connectivity index (χ2v) is 11.3. The third-order valence-corrected chi connectivity index (χ3v) is 8.74. The summed E-state index contributed by atoms with van der Waals surface area (Å²) < 4.78 is 11.1. The average Bonchev–Trinajstić information content (AvgIpc) is 3.44. The van der Waals surface area contributed by atoms with Gasteiger partial charge in [0.05, 0.1) is 22.2 Å². The number of anilines is 1. The number of benzene rings is 1. The molecule has 0 aliphatic carbocycles. The van der Waals surface area contributed by atoms with Crippen molar-refractivity contribution in [2.24, 2.45) is 0 Å². The van der Waals surface area contributed by atoms with Gasteiger partial charge in [0.2, 0.25) is 11.8 Å². The van der Waals surface area contributed by atoms with Crippen LogP contribution in [-0.4, -0.2) is 62.4 Å². The Kier molecular flexibility index (Phi) is 7.62. The molecule has 2 N–H and O–H groups in total. The van der Waals surface area contributed by atoms with Crippen molar-refractivity contribution in [3.8, 4) is 0 Å². The number of amides is 2. The van der Waals surface area contributed by atoms with E-state index < -0.39 is 34.1 Å². The van der Waals surface area contributed by atoms with Crippen LogP contribution in [0.2, 0.25) is 0 Å². The van der Waals surface area contributed by atoms with Gasteiger partial charge in [-0.2, -0.15) is 0 Å². The Labute approximate surface area is 231 Å². The number of ether oxygens (including phenoxy) is 2. The molecule has 2 aromatic rings.